The number of carbonyl (C=O) groups is 1. The van der Waals surface area contributed by atoms with Gasteiger partial charge in [-0.3, -0.25) is 4.79 Å². The van der Waals surface area contributed by atoms with Crippen molar-refractivity contribution in [3.05, 3.63) is 0 Å². The molecule has 1 rings (SSSR count). The van der Waals surface area contributed by atoms with Crippen LogP contribution in [-0.2, 0) is 4.79 Å². The van der Waals surface area contributed by atoms with E-state index in [9.17, 15) is 4.79 Å². The largest absolute Gasteiger partial charge is 0.343 e. The van der Waals surface area contributed by atoms with Crippen molar-refractivity contribution in [2.24, 2.45) is 5.73 Å². The molecule has 1 aliphatic rings. The molecule has 15 heavy (non-hydrogen) atoms. The first-order chi connectivity index (χ1) is 7.24. The van der Waals surface area contributed by atoms with E-state index in [0.717, 1.165) is 45.2 Å². The summed E-state index contributed by atoms with van der Waals surface area (Å²) < 4.78 is 0. The average molecular weight is 212 g/mol. The highest BCUT2D eigenvalue weighted by Crippen LogP contribution is 2.12. The molecule has 1 amide bonds. The number of hydrogen-bond acceptors (Lipinski definition) is 2. The molecule has 0 spiro atoms. The molecule has 0 bridgehead atoms. The lowest BCUT2D eigenvalue weighted by Crippen LogP contribution is -2.32. The molecule has 0 aliphatic carbocycles. The Morgan fingerprint density at radius 2 is 2.20 bits per heavy atom. The highest BCUT2D eigenvalue weighted by molar-refractivity contribution is 5.76. The van der Waals surface area contributed by atoms with Crippen molar-refractivity contribution in [2.75, 3.05) is 13.1 Å². The van der Waals surface area contributed by atoms with E-state index in [4.69, 9.17) is 5.73 Å². The molecule has 2 N–H and O–H groups in total. The highest BCUT2D eigenvalue weighted by atomic mass is 16.2. The van der Waals surface area contributed by atoms with Crippen LogP contribution in [0.1, 0.15) is 51.9 Å². The monoisotopic (exact) mass is 212 g/mol. The van der Waals surface area contributed by atoms with Crippen molar-refractivity contribution in [1.82, 2.24) is 4.90 Å². The Labute approximate surface area is 93.0 Å². The summed E-state index contributed by atoms with van der Waals surface area (Å²) in [6, 6.07) is 0.312. The summed E-state index contributed by atoms with van der Waals surface area (Å²) in [6.45, 7) is 3.98. The first-order valence-corrected chi connectivity index (χ1v) is 6.27. The summed E-state index contributed by atoms with van der Waals surface area (Å²) in [7, 11) is 0. The van der Waals surface area contributed by atoms with E-state index in [-0.39, 0.29) is 0 Å². The fourth-order valence-electron chi connectivity index (χ4n) is 2.02. The third-order valence-electron chi connectivity index (χ3n) is 3.20. The van der Waals surface area contributed by atoms with Crippen LogP contribution in [-0.4, -0.2) is 29.9 Å². The predicted molar refractivity (Wildman–Crippen MR) is 62.5 cm³/mol. The van der Waals surface area contributed by atoms with Crippen LogP contribution in [0.2, 0.25) is 0 Å². The zero-order chi connectivity index (χ0) is 11.1. The molecule has 0 aromatic carbocycles. The smallest absolute Gasteiger partial charge is 0.222 e. The van der Waals surface area contributed by atoms with Gasteiger partial charge in [0.05, 0.1) is 0 Å². The summed E-state index contributed by atoms with van der Waals surface area (Å²) in [5, 5.41) is 0. The average Bonchev–Trinajstić information content (AvgIpc) is 2.44. The Morgan fingerprint density at radius 1 is 1.40 bits per heavy atom. The molecular weight excluding hydrogens is 188 g/mol. The number of carbonyl (C=O) groups excluding carboxylic acids is 1. The molecule has 0 aromatic rings. The summed E-state index contributed by atoms with van der Waals surface area (Å²) >= 11 is 0. The molecular formula is C12H24N2O. The first kappa shape index (κ1) is 12.5. The number of rotatable bonds is 5. The van der Waals surface area contributed by atoms with Gasteiger partial charge in [0, 0.05) is 25.6 Å². The molecule has 1 heterocycles. The second-order valence-corrected chi connectivity index (χ2v) is 4.50. The summed E-state index contributed by atoms with van der Waals surface area (Å²) in [6.07, 6.45) is 7.33. The first-order valence-electron chi connectivity index (χ1n) is 6.27. The Bertz CT molecular complexity index is 194. The Kier molecular flexibility index (Phi) is 5.69. The molecule has 1 saturated heterocycles. The third kappa shape index (κ3) is 4.65. The van der Waals surface area contributed by atoms with Crippen LogP contribution in [0.5, 0.6) is 0 Å². The second-order valence-electron chi connectivity index (χ2n) is 4.50. The predicted octanol–water partition coefficient (Wildman–Crippen LogP) is 1.91. The van der Waals surface area contributed by atoms with Crippen LogP contribution >= 0.6 is 0 Å². The maximum atomic E-state index is 11.7. The van der Waals surface area contributed by atoms with Crippen LogP contribution in [0.25, 0.3) is 0 Å². The maximum Gasteiger partial charge on any atom is 0.222 e. The van der Waals surface area contributed by atoms with Crippen LogP contribution in [0.15, 0.2) is 0 Å². The van der Waals surface area contributed by atoms with E-state index in [1.54, 1.807) is 0 Å². The van der Waals surface area contributed by atoms with Crippen molar-refractivity contribution < 1.29 is 4.79 Å². The van der Waals surface area contributed by atoms with Crippen molar-refractivity contribution in [3.63, 3.8) is 0 Å². The topological polar surface area (TPSA) is 46.3 Å². The third-order valence-corrected chi connectivity index (χ3v) is 3.20. The normalized spacial score (nSPS) is 20.1. The molecule has 0 radical (unpaired) electrons. The lowest BCUT2D eigenvalue weighted by atomic mass is 10.1. The lowest BCUT2D eigenvalue weighted by molar-refractivity contribution is -0.130. The Morgan fingerprint density at radius 3 is 2.93 bits per heavy atom. The quantitative estimate of drug-likeness (QED) is 0.756. The second kappa shape index (κ2) is 6.83. The van der Waals surface area contributed by atoms with Gasteiger partial charge in [0.2, 0.25) is 5.91 Å². The minimum atomic E-state index is 0.312. The summed E-state index contributed by atoms with van der Waals surface area (Å²) in [5.74, 6) is 0.345. The summed E-state index contributed by atoms with van der Waals surface area (Å²) in [4.78, 5) is 13.7. The van der Waals surface area contributed by atoms with E-state index >= 15 is 0 Å². The SMILES string of the molecule is CCC(N)CCCN1CCCCCC1=O. The van der Waals surface area contributed by atoms with Crippen LogP contribution in [0, 0.1) is 0 Å². The minimum Gasteiger partial charge on any atom is -0.343 e. The maximum absolute atomic E-state index is 11.7. The molecule has 1 unspecified atom stereocenters. The van der Waals surface area contributed by atoms with E-state index in [1.165, 1.54) is 12.8 Å². The van der Waals surface area contributed by atoms with Gasteiger partial charge in [-0.15, -0.1) is 0 Å². The van der Waals surface area contributed by atoms with Gasteiger partial charge in [-0.2, -0.15) is 0 Å². The molecule has 1 fully saturated rings. The van der Waals surface area contributed by atoms with Gasteiger partial charge >= 0.3 is 0 Å². The van der Waals surface area contributed by atoms with Crippen molar-refractivity contribution in [2.45, 2.75) is 57.9 Å². The standard InChI is InChI=1S/C12H24N2O/c1-2-11(13)7-6-10-14-9-5-3-4-8-12(14)15/h11H,2-10,13H2,1H3. The zero-order valence-corrected chi connectivity index (χ0v) is 9.87. The van der Waals surface area contributed by atoms with Crippen molar-refractivity contribution in [1.29, 1.82) is 0 Å². The molecule has 3 nitrogen and oxygen atoms in total. The van der Waals surface area contributed by atoms with Crippen LogP contribution in [0.4, 0.5) is 0 Å². The van der Waals surface area contributed by atoms with Gasteiger partial charge in [-0.05, 0) is 32.1 Å². The van der Waals surface area contributed by atoms with Crippen molar-refractivity contribution in [3.8, 4) is 0 Å². The van der Waals surface area contributed by atoms with Gasteiger partial charge in [-0.1, -0.05) is 13.3 Å². The molecule has 3 heteroatoms. The molecule has 1 atom stereocenters. The van der Waals surface area contributed by atoms with Gasteiger partial charge in [0.25, 0.3) is 0 Å². The highest BCUT2D eigenvalue weighted by Gasteiger charge is 2.15. The zero-order valence-electron chi connectivity index (χ0n) is 9.87. The van der Waals surface area contributed by atoms with Crippen LogP contribution in [0.3, 0.4) is 0 Å². The Hall–Kier alpha value is -0.570. The van der Waals surface area contributed by atoms with Gasteiger partial charge in [-0.25, -0.2) is 0 Å². The van der Waals surface area contributed by atoms with Crippen molar-refractivity contribution >= 4 is 5.91 Å². The van der Waals surface area contributed by atoms with E-state index < -0.39 is 0 Å². The van der Waals surface area contributed by atoms with Gasteiger partial charge < -0.3 is 10.6 Å². The fourth-order valence-corrected chi connectivity index (χ4v) is 2.02. The van der Waals surface area contributed by atoms with E-state index in [0.29, 0.717) is 11.9 Å². The Balaban J connectivity index is 2.20. The lowest BCUT2D eigenvalue weighted by Gasteiger charge is -2.21. The van der Waals surface area contributed by atoms with E-state index in [2.05, 4.69) is 6.92 Å². The van der Waals surface area contributed by atoms with Crippen LogP contribution < -0.4 is 5.73 Å². The molecule has 1 aliphatic heterocycles. The number of nitrogens with two attached hydrogens (primary N) is 1. The molecule has 0 saturated carbocycles. The van der Waals surface area contributed by atoms with Gasteiger partial charge in [0.1, 0.15) is 0 Å². The van der Waals surface area contributed by atoms with Gasteiger partial charge in [0.15, 0.2) is 0 Å². The van der Waals surface area contributed by atoms with E-state index in [1.807, 2.05) is 4.90 Å². The summed E-state index contributed by atoms with van der Waals surface area (Å²) in [5.41, 5.74) is 5.85. The molecule has 0 aromatic heterocycles. The number of nitrogens with zero attached hydrogens (tertiary/aromatic N) is 1. The number of hydrogen-bond donors (Lipinski definition) is 1. The molecule has 88 valence electrons. The number of likely N-dealkylation sites (tertiary alicyclic amines) is 1. The fraction of sp³-hybridized carbons (Fsp3) is 0.917. The minimum absolute atomic E-state index is 0.312. The number of amides is 1.